The molecule has 0 saturated carbocycles. The molecule has 0 bridgehead atoms. The third-order valence-corrected chi connectivity index (χ3v) is 2.64. The van der Waals surface area contributed by atoms with Crippen molar-refractivity contribution in [1.82, 2.24) is 4.98 Å². The van der Waals surface area contributed by atoms with Crippen LogP contribution in [0.1, 0.15) is 26.8 Å². The summed E-state index contributed by atoms with van der Waals surface area (Å²) in [5.41, 5.74) is 6.12. The van der Waals surface area contributed by atoms with E-state index in [1.807, 2.05) is 13.8 Å². The van der Waals surface area contributed by atoms with E-state index in [0.29, 0.717) is 13.0 Å². The molecule has 0 spiro atoms. The van der Waals surface area contributed by atoms with Gasteiger partial charge in [0, 0.05) is 6.42 Å². The molecule has 0 aliphatic heterocycles. The molecule has 12 heavy (non-hydrogen) atoms. The zero-order chi connectivity index (χ0) is 9.14. The van der Waals surface area contributed by atoms with E-state index in [1.165, 1.54) is 11.3 Å². The Kier molecular flexibility index (Phi) is 2.94. The largest absolute Gasteiger partial charge is 0.330 e. The Morgan fingerprint density at radius 3 is 2.67 bits per heavy atom. The highest BCUT2D eigenvalue weighted by Crippen LogP contribution is 2.18. The Morgan fingerprint density at radius 1 is 1.58 bits per heavy atom. The van der Waals surface area contributed by atoms with Crippen LogP contribution in [0.5, 0.6) is 0 Å². The number of nitrogens with two attached hydrogens (primary N) is 1. The molecule has 0 saturated heterocycles. The van der Waals surface area contributed by atoms with E-state index in [9.17, 15) is 4.79 Å². The van der Waals surface area contributed by atoms with E-state index in [2.05, 4.69) is 4.98 Å². The van der Waals surface area contributed by atoms with Crippen LogP contribution in [0, 0.1) is 13.8 Å². The van der Waals surface area contributed by atoms with Gasteiger partial charge < -0.3 is 5.73 Å². The molecule has 0 atom stereocenters. The zero-order valence-corrected chi connectivity index (χ0v) is 8.07. The van der Waals surface area contributed by atoms with Crippen molar-refractivity contribution in [2.45, 2.75) is 20.3 Å². The minimum atomic E-state index is 0.112. The van der Waals surface area contributed by atoms with E-state index in [-0.39, 0.29) is 5.78 Å². The maximum absolute atomic E-state index is 11.4. The standard InChI is InChI=1S/C8H12N2OS/c1-5-8(7(11)3-4-9)12-6(2)10-5/h3-4,9H2,1-2H3. The molecule has 66 valence electrons. The minimum Gasteiger partial charge on any atom is -0.330 e. The number of rotatable bonds is 3. The molecule has 4 heteroatoms. The van der Waals surface area contributed by atoms with E-state index in [1.54, 1.807) is 0 Å². The molecule has 1 heterocycles. The first-order valence-corrected chi connectivity index (χ1v) is 4.64. The first-order valence-electron chi connectivity index (χ1n) is 3.82. The number of hydrogen-bond donors (Lipinski definition) is 1. The molecule has 0 aromatic carbocycles. The lowest BCUT2D eigenvalue weighted by molar-refractivity contribution is 0.0988. The summed E-state index contributed by atoms with van der Waals surface area (Å²) >= 11 is 1.45. The number of hydrogen-bond acceptors (Lipinski definition) is 4. The van der Waals surface area contributed by atoms with Gasteiger partial charge in [-0.25, -0.2) is 4.98 Å². The smallest absolute Gasteiger partial charge is 0.175 e. The van der Waals surface area contributed by atoms with Crippen LogP contribution >= 0.6 is 11.3 Å². The molecular formula is C8H12N2OS. The fourth-order valence-corrected chi connectivity index (χ4v) is 1.92. The van der Waals surface area contributed by atoms with Gasteiger partial charge in [-0.05, 0) is 20.4 Å². The maximum atomic E-state index is 11.4. The number of aryl methyl sites for hydroxylation is 2. The summed E-state index contributed by atoms with van der Waals surface area (Å²) in [6.45, 7) is 4.17. The second-order valence-electron chi connectivity index (χ2n) is 2.61. The summed E-state index contributed by atoms with van der Waals surface area (Å²) in [4.78, 5) is 16.3. The first kappa shape index (κ1) is 9.35. The number of nitrogens with zero attached hydrogens (tertiary/aromatic N) is 1. The third-order valence-electron chi connectivity index (χ3n) is 1.53. The predicted octanol–water partition coefficient (Wildman–Crippen LogP) is 1.29. The predicted molar refractivity (Wildman–Crippen MR) is 49.6 cm³/mol. The topological polar surface area (TPSA) is 56.0 Å². The lowest BCUT2D eigenvalue weighted by atomic mass is 10.2. The highest BCUT2D eigenvalue weighted by Gasteiger charge is 2.11. The van der Waals surface area contributed by atoms with E-state index in [4.69, 9.17) is 5.73 Å². The molecule has 0 fully saturated rings. The van der Waals surface area contributed by atoms with Gasteiger partial charge in [0.25, 0.3) is 0 Å². The molecule has 0 amide bonds. The zero-order valence-electron chi connectivity index (χ0n) is 7.26. The van der Waals surface area contributed by atoms with Crippen LogP contribution in [0.15, 0.2) is 0 Å². The van der Waals surface area contributed by atoms with Gasteiger partial charge in [0.15, 0.2) is 5.78 Å². The Labute approximate surface area is 75.6 Å². The normalized spacial score (nSPS) is 10.2. The van der Waals surface area contributed by atoms with Gasteiger partial charge >= 0.3 is 0 Å². The van der Waals surface area contributed by atoms with Crippen LogP contribution in [0.4, 0.5) is 0 Å². The quantitative estimate of drug-likeness (QED) is 0.720. The number of carbonyl (C=O) groups excluding carboxylic acids is 1. The van der Waals surface area contributed by atoms with Gasteiger partial charge in [0.2, 0.25) is 0 Å². The van der Waals surface area contributed by atoms with Crippen LogP contribution in [0.3, 0.4) is 0 Å². The monoisotopic (exact) mass is 184 g/mol. The van der Waals surface area contributed by atoms with E-state index >= 15 is 0 Å². The lowest BCUT2D eigenvalue weighted by Crippen LogP contribution is -2.07. The van der Waals surface area contributed by atoms with Crippen molar-refractivity contribution in [3.8, 4) is 0 Å². The van der Waals surface area contributed by atoms with Crippen molar-refractivity contribution < 1.29 is 4.79 Å². The van der Waals surface area contributed by atoms with Crippen molar-refractivity contribution in [2.24, 2.45) is 5.73 Å². The Hall–Kier alpha value is -0.740. The highest BCUT2D eigenvalue weighted by molar-refractivity contribution is 7.13. The maximum Gasteiger partial charge on any atom is 0.175 e. The highest BCUT2D eigenvalue weighted by atomic mass is 32.1. The van der Waals surface area contributed by atoms with Crippen molar-refractivity contribution in [3.63, 3.8) is 0 Å². The fourth-order valence-electron chi connectivity index (χ4n) is 1.03. The lowest BCUT2D eigenvalue weighted by Gasteiger charge is -1.93. The van der Waals surface area contributed by atoms with Gasteiger partial charge in [0.1, 0.15) is 0 Å². The number of carbonyl (C=O) groups is 1. The average molecular weight is 184 g/mol. The molecular weight excluding hydrogens is 172 g/mol. The van der Waals surface area contributed by atoms with Gasteiger partial charge in [-0.3, -0.25) is 4.79 Å². The Balaban J connectivity index is 2.87. The molecule has 0 aliphatic rings. The van der Waals surface area contributed by atoms with Crippen LogP contribution in [-0.2, 0) is 0 Å². The number of ketones is 1. The van der Waals surface area contributed by atoms with Crippen molar-refractivity contribution in [3.05, 3.63) is 15.6 Å². The first-order chi connectivity index (χ1) is 5.65. The van der Waals surface area contributed by atoms with Crippen LogP contribution < -0.4 is 5.73 Å². The van der Waals surface area contributed by atoms with Crippen molar-refractivity contribution >= 4 is 17.1 Å². The van der Waals surface area contributed by atoms with Gasteiger partial charge in [-0.1, -0.05) is 0 Å². The van der Waals surface area contributed by atoms with Crippen molar-refractivity contribution in [2.75, 3.05) is 6.54 Å². The summed E-state index contributed by atoms with van der Waals surface area (Å²) in [6.07, 6.45) is 0.419. The van der Waals surface area contributed by atoms with E-state index in [0.717, 1.165) is 15.6 Å². The summed E-state index contributed by atoms with van der Waals surface area (Å²) in [5.74, 6) is 0.112. The second-order valence-corrected chi connectivity index (χ2v) is 3.81. The Bertz CT molecular complexity index is 293. The molecule has 2 N–H and O–H groups in total. The molecule has 1 rings (SSSR count). The molecule has 0 aliphatic carbocycles. The summed E-state index contributed by atoms with van der Waals surface area (Å²) < 4.78 is 0. The molecule has 1 aromatic rings. The molecule has 1 aromatic heterocycles. The Morgan fingerprint density at radius 2 is 2.25 bits per heavy atom. The SMILES string of the molecule is Cc1nc(C)c(C(=O)CCN)s1. The number of thiazole rings is 1. The number of Topliss-reactive ketones (excluding diaryl/α,β-unsaturated/α-hetero) is 1. The fraction of sp³-hybridized carbons (Fsp3) is 0.500. The summed E-state index contributed by atoms with van der Waals surface area (Å²) in [6, 6.07) is 0. The summed E-state index contributed by atoms with van der Waals surface area (Å²) in [5, 5.41) is 0.938. The molecule has 3 nitrogen and oxygen atoms in total. The third kappa shape index (κ3) is 1.89. The second kappa shape index (κ2) is 3.78. The van der Waals surface area contributed by atoms with Gasteiger partial charge in [-0.2, -0.15) is 0 Å². The average Bonchev–Trinajstić information content (AvgIpc) is 2.30. The van der Waals surface area contributed by atoms with Gasteiger partial charge in [0.05, 0.1) is 15.6 Å². The minimum absolute atomic E-state index is 0.112. The van der Waals surface area contributed by atoms with Gasteiger partial charge in [-0.15, -0.1) is 11.3 Å². The molecule has 0 radical (unpaired) electrons. The number of aromatic nitrogens is 1. The van der Waals surface area contributed by atoms with Crippen LogP contribution in [0.25, 0.3) is 0 Å². The molecule has 0 unspecified atom stereocenters. The van der Waals surface area contributed by atoms with Crippen LogP contribution in [0.2, 0.25) is 0 Å². The van der Waals surface area contributed by atoms with E-state index < -0.39 is 0 Å². The van der Waals surface area contributed by atoms with Crippen LogP contribution in [-0.4, -0.2) is 17.3 Å². The van der Waals surface area contributed by atoms with Crippen molar-refractivity contribution in [1.29, 1.82) is 0 Å². The summed E-state index contributed by atoms with van der Waals surface area (Å²) in [7, 11) is 0.